The standard InChI is InChI=1S/C14H13BrI3N2O4/c1-20(8(22)6-24-2)13-11(17)7(5-21)10(16)9(12(13)18)14(23)19-4-3-15/h3-4,6H2,1-2H3,(H,19,23). The van der Waals surface area contributed by atoms with Gasteiger partial charge >= 0.3 is 0 Å². The Morgan fingerprint density at radius 2 is 1.88 bits per heavy atom. The van der Waals surface area contributed by atoms with Crippen molar-refractivity contribution in [1.29, 1.82) is 0 Å². The van der Waals surface area contributed by atoms with Gasteiger partial charge in [-0.3, -0.25) is 14.4 Å². The highest BCUT2D eigenvalue weighted by Crippen LogP contribution is 2.36. The van der Waals surface area contributed by atoms with E-state index in [2.05, 4.69) is 21.2 Å². The molecule has 1 aromatic carbocycles. The highest BCUT2D eigenvalue weighted by molar-refractivity contribution is 14.1. The summed E-state index contributed by atoms with van der Waals surface area (Å²) in [5.74, 6) is -0.580. The van der Waals surface area contributed by atoms with Gasteiger partial charge in [0.2, 0.25) is 6.29 Å². The summed E-state index contributed by atoms with van der Waals surface area (Å²) in [6.07, 6.45) is 1.88. The lowest BCUT2D eigenvalue weighted by Gasteiger charge is -2.23. The lowest BCUT2D eigenvalue weighted by molar-refractivity contribution is -0.121. The minimum absolute atomic E-state index is 0.0973. The Bertz CT molecular complexity index is 670. The van der Waals surface area contributed by atoms with Crippen LogP contribution in [0.15, 0.2) is 0 Å². The van der Waals surface area contributed by atoms with Crippen molar-refractivity contribution in [3.05, 3.63) is 21.8 Å². The summed E-state index contributed by atoms with van der Waals surface area (Å²) in [5, 5.41) is 3.38. The molecule has 0 aromatic heterocycles. The van der Waals surface area contributed by atoms with Crippen molar-refractivity contribution in [1.82, 2.24) is 5.32 Å². The summed E-state index contributed by atoms with van der Waals surface area (Å²) in [4.78, 5) is 37.5. The molecule has 1 rings (SSSR count). The number of anilines is 1. The first-order chi connectivity index (χ1) is 11.3. The quantitative estimate of drug-likeness (QED) is 0.346. The fourth-order valence-corrected chi connectivity index (χ4v) is 6.63. The van der Waals surface area contributed by atoms with Gasteiger partial charge in [0.05, 0.1) is 24.0 Å². The Hall–Kier alpha value is 0.460. The lowest BCUT2D eigenvalue weighted by atomic mass is 10.1. The van der Waals surface area contributed by atoms with Gasteiger partial charge in [0.25, 0.3) is 11.8 Å². The zero-order chi connectivity index (χ0) is 18.4. The predicted octanol–water partition coefficient (Wildman–Crippen LogP) is 2.69. The average Bonchev–Trinajstić information content (AvgIpc) is 2.53. The number of rotatable bonds is 7. The molecule has 6 nitrogen and oxygen atoms in total. The van der Waals surface area contributed by atoms with Crippen LogP contribution in [-0.2, 0) is 14.3 Å². The van der Waals surface area contributed by atoms with Crippen LogP contribution in [0.1, 0.15) is 15.9 Å². The van der Waals surface area contributed by atoms with Gasteiger partial charge in [0, 0.05) is 29.6 Å². The molecular formula is C14H13BrI3N2O4. The van der Waals surface area contributed by atoms with E-state index >= 15 is 0 Å². The highest BCUT2D eigenvalue weighted by Gasteiger charge is 2.28. The maximum Gasteiger partial charge on any atom is 0.253 e. The molecule has 0 heterocycles. The number of carbonyl (C=O) groups is 2. The number of hydrogen-bond donors (Lipinski definition) is 1. The maximum absolute atomic E-state index is 12.5. The zero-order valence-corrected chi connectivity index (χ0v) is 20.8. The number of benzene rings is 1. The number of alkyl halides is 1. The summed E-state index contributed by atoms with van der Waals surface area (Å²) >= 11 is 9.23. The van der Waals surface area contributed by atoms with Crippen LogP contribution in [0.25, 0.3) is 0 Å². The smallest absolute Gasteiger partial charge is 0.253 e. The normalized spacial score (nSPS) is 10.4. The summed E-state index contributed by atoms with van der Waals surface area (Å²) in [6.45, 7) is 0.352. The first kappa shape index (κ1) is 22.5. The molecule has 0 aliphatic rings. The fraction of sp³-hybridized carbons (Fsp3) is 0.357. The number of amides is 2. The number of carbonyl (C=O) groups excluding carboxylic acids is 3. The summed E-state index contributed by atoms with van der Waals surface area (Å²) in [6, 6.07) is 0. The van der Waals surface area contributed by atoms with Gasteiger partial charge in [-0.05, 0) is 67.8 Å². The van der Waals surface area contributed by atoms with Gasteiger partial charge < -0.3 is 15.0 Å². The van der Waals surface area contributed by atoms with Crippen LogP contribution in [0, 0.1) is 10.7 Å². The van der Waals surface area contributed by atoms with E-state index in [-0.39, 0.29) is 24.0 Å². The molecule has 0 saturated heterocycles. The number of nitrogens with zero attached hydrogens (tertiary/aromatic N) is 1. The molecule has 1 radical (unpaired) electrons. The molecule has 1 N–H and O–H groups in total. The zero-order valence-electron chi connectivity index (χ0n) is 12.7. The average molecular weight is 734 g/mol. The molecule has 0 bridgehead atoms. The number of hydrogen-bond acceptors (Lipinski definition) is 4. The Labute approximate surface area is 189 Å². The largest absolute Gasteiger partial charge is 0.375 e. The topological polar surface area (TPSA) is 75.7 Å². The Morgan fingerprint density at radius 1 is 1.25 bits per heavy atom. The summed E-state index contributed by atoms with van der Waals surface area (Å²) in [7, 11) is 3.02. The fourth-order valence-electron chi connectivity index (χ4n) is 1.83. The van der Waals surface area contributed by atoms with Crippen molar-refractivity contribution < 1.29 is 19.1 Å². The van der Waals surface area contributed by atoms with Crippen molar-refractivity contribution in [2.75, 3.05) is 37.5 Å². The molecule has 0 aliphatic heterocycles. The van der Waals surface area contributed by atoms with E-state index in [1.54, 1.807) is 7.05 Å². The second-order valence-electron chi connectivity index (χ2n) is 4.47. The molecule has 131 valence electrons. The van der Waals surface area contributed by atoms with Crippen LogP contribution in [0.4, 0.5) is 5.69 Å². The van der Waals surface area contributed by atoms with Gasteiger partial charge in [-0.2, -0.15) is 0 Å². The predicted molar refractivity (Wildman–Crippen MR) is 121 cm³/mol. The number of nitrogens with one attached hydrogen (secondary N) is 1. The molecular weight excluding hydrogens is 721 g/mol. The minimum atomic E-state index is -0.301. The second kappa shape index (κ2) is 10.6. The Kier molecular flexibility index (Phi) is 9.91. The van der Waals surface area contributed by atoms with Crippen molar-refractivity contribution >= 4 is 107 Å². The lowest BCUT2D eigenvalue weighted by Crippen LogP contribution is -2.33. The molecule has 0 spiro atoms. The van der Waals surface area contributed by atoms with Crippen LogP contribution < -0.4 is 10.2 Å². The van der Waals surface area contributed by atoms with Gasteiger partial charge in [0.1, 0.15) is 6.61 Å². The van der Waals surface area contributed by atoms with Crippen molar-refractivity contribution in [2.45, 2.75) is 0 Å². The van der Waals surface area contributed by atoms with E-state index in [4.69, 9.17) is 4.74 Å². The molecule has 0 atom stereocenters. The maximum atomic E-state index is 12.5. The van der Waals surface area contributed by atoms with Crippen molar-refractivity contribution in [3.63, 3.8) is 0 Å². The van der Waals surface area contributed by atoms with Crippen molar-refractivity contribution in [3.8, 4) is 0 Å². The third-order valence-electron chi connectivity index (χ3n) is 2.98. The number of likely N-dealkylation sites (N-methyl/N-ethyl adjacent to an activating group) is 1. The number of ether oxygens (including phenoxy) is 1. The monoisotopic (exact) mass is 733 g/mol. The van der Waals surface area contributed by atoms with E-state index in [9.17, 15) is 14.4 Å². The summed E-state index contributed by atoms with van der Waals surface area (Å²) < 4.78 is 6.56. The van der Waals surface area contributed by atoms with Crippen LogP contribution in [0.5, 0.6) is 0 Å². The molecule has 0 fully saturated rings. The minimum Gasteiger partial charge on any atom is -0.375 e. The molecule has 1 aromatic rings. The van der Waals surface area contributed by atoms with Crippen LogP contribution in [-0.4, -0.2) is 50.7 Å². The molecule has 10 heteroatoms. The van der Waals surface area contributed by atoms with Crippen molar-refractivity contribution in [2.24, 2.45) is 0 Å². The molecule has 0 unspecified atom stereocenters. The number of halogens is 4. The van der Waals surface area contributed by atoms with E-state index in [1.807, 2.05) is 74.1 Å². The third kappa shape index (κ3) is 5.01. The van der Waals surface area contributed by atoms with Crippen LogP contribution >= 0.6 is 83.7 Å². The Balaban J connectivity index is 3.57. The molecule has 0 aliphatic carbocycles. The van der Waals surface area contributed by atoms with E-state index in [0.717, 1.165) is 0 Å². The first-order valence-electron chi connectivity index (χ1n) is 6.50. The van der Waals surface area contributed by atoms with Crippen LogP contribution in [0.3, 0.4) is 0 Å². The summed E-state index contributed by atoms with van der Waals surface area (Å²) in [5.41, 5.74) is 1.14. The first-order valence-corrected chi connectivity index (χ1v) is 10.9. The SMILES string of the molecule is COCC(=O)N(C)c1c(I)c([C]=O)c(I)c(C(=O)NCCBr)c1I. The van der Waals surface area contributed by atoms with E-state index in [1.165, 1.54) is 12.0 Å². The Morgan fingerprint density at radius 3 is 2.38 bits per heavy atom. The second-order valence-corrected chi connectivity index (χ2v) is 8.50. The molecule has 24 heavy (non-hydrogen) atoms. The molecule has 2 amide bonds. The van der Waals surface area contributed by atoms with E-state index < -0.39 is 0 Å². The van der Waals surface area contributed by atoms with Crippen LogP contribution in [0.2, 0.25) is 0 Å². The van der Waals surface area contributed by atoms with Gasteiger partial charge in [-0.25, -0.2) is 0 Å². The highest BCUT2D eigenvalue weighted by atomic mass is 127. The van der Waals surface area contributed by atoms with Gasteiger partial charge in [0.15, 0.2) is 0 Å². The van der Waals surface area contributed by atoms with E-state index in [0.29, 0.717) is 33.8 Å². The third-order valence-corrected chi connectivity index (χ3v) is 6.56. The number of methoxy groups -OCH3 is 1. The van der Waals surface area contributed by atoms with Gasteiger partial charge in [-0.1, -0.05) is 15.9 Å². The molecule has 0 saturated carbocycles. The van der Waals surface area contributed by atoms with Gasteiger partial charge in [-0.15, -0.1) is 0 Å².